The summed E-state index contributed by atoms with van der Waals surface area (Å²) in [6, 6.07) is 0. The highest BCUT2D eigenvalue weighted by molar-refractivity contribution is 7.86. The van der Waals surface area contributed by atoms with Crippen molar-refractivity contribution in [1.29, 1.82) is 0 Å². The maximum atomic E-state index is 11.3. The number of nitrogens with zero attached hydrogens (tertiary/aromatic N) is 1. The van der Waals surface area contributed by atoms with Gasteiger partial charge >= 0.3 is 0 Å². The molecule has 0 aromatic rings. The molecule has 1 fully saturated rings. The van der Waals surface area contributed by atoms with Gasteiger partial charge in [-0.1, -0.05) is 6.08 Å². The molecular weight excluding hydrogens is 198 g/mol. The van der Waals surface area contributed by atoms with Crippen LogP contribution in [0.3, 0.4) is 0 Å². The minimum Gasteiger partial charge on any atom is -0.370 e. The Morgan fingerprint density at radius 1 is 1.79 bits per heavy atom. The van der Waals surface area contributed by atoms with Gasteiger partial charge in [0.1, 0.15) is 0 Å². The van der Waals surface area contributed by atoms with Gasteiger partial charge in [-0.2, -0.15) is 0 Å². The Hall–Kier alpha value is -0.840. The summed E-state index contributed by atoms with van der Waals surface area (Å²) in [5, 5.41) is 2.88. The molecule has 0 saturated heterocycles. The summed E-state index contributed by atoms with van der Waals surface area (Å²) in [5.74, 6) is 0.404. The van der Waals surface area contributed by atoms with E-state index in [-0.39, 0.29) is 4.75 Å². The Morgan fingerprint density at radius 2 is 2.43 bits per heavy atom. The molecule has 0 aromatic heterocycles. The van der Waals surface area contributed by atoms with E-state index in [1.807, 2.05) is 0 Å². The van der Waals surface area contributed by atoms with Crippen molar-refractivity contribution in [3.05, 3.63) is 12.7 Å². The quantitative estimate of drug-likeness (QED) is 0.385. The molecule has 0 radical (unpaired) electrons. The van der Waals surface area contributed by atoms with Crippen LogP contribution >= 0.6 is 0 Å². The number of nitrogens with one attached hydrogen (secondary N) is 1. The summed E-state index contributed by atoms with van der Waals surface area (Å²) in [7, 11) is -0.798. The predicted molar refractivity (Wildman–Crippen MR) is 60.7 cm³/mol. The normalized spacial score (nSPS) is 21.4. The van der Waals surface area contributed by atoms with E-state index in [2.05, 4.69) is 16.9 Å². The Balaban J connectivity index is 2.38. The summed E-state index contributed by atoms with van der Waals surface area (Å²) in [6.45, 7) is 4.73. The van der Waals surface area contributed by atoms with Crippen molar-refractivity contribution in [2.75, 3.05) is 19.3 Å². The van der Waals surface area contributed by atoms with Crippen molar-refractivity contribution >= 4 is 16.8 Å². The van der Waals surface area contributed by atoms with Crippen molar-refractivity contribution < 1.29 is 4.21 Å². The van der Waals surface area contributed by atoms with Crippen LogP contribution < -0.4 is 11.1 Å². The summed E-state index contributed by atoms with van der Waals surface area (Å²) in [6.07, 6.45) is 5.44. The Kier molecular flexibility index (Phi) is 3.69. The minimum atomic E-state index is -0.798. The van der Waals surface area contributed by atoms with E-state index in [4.69, 9.17) is 5.73 Å². The number of hydrogen-bond acceptors (Lipinski definition) is 2. The average molecular weight is 215 g/mol. The van der Waals surface area contributed by atoms with Gasteiger partial charge in [-0.3, -0.25) is 9.20 Å². The lowest BCUT2D eigenvalue weighted by atomic mass is 10.4. The molecule has 5 heteroatoms. The largest absolute Gasteiger partial charge is 0.370 e. The monoisotopic (exact) mass is 215 g/mol. The molecule has 1 aliphatic carbocycles. The molecule has 3 N–H and O–H groups in total. The van der Waals surface area contributed by atoms with Crippen LogP contribution in [0, 0.1) is 0 Å². The maximum absolute atomic E-state index is 11.3. The summed E-state index contributed by atoms with van der Waals surface area (Å²) >= 11 is 0. The summed E-state index contributed by atoms with van der Waals surface area (Å²) in [5.41, 5.74) is 5.59. The smallest absolute Gasteiger partial charge is 0.188 e. The second-order valence-electron chi connectivity index (χ2n) is 3.51. The van der Waals surface area contributed by atoms with E-state index >= 15 is 0 Å². The molecular formula is C9H17N3OS. The fraction of sp³-hybridized carbons (Fsp3) is 0.667. The van der Waals surface area contributed by atoms with Crippen molar-refractivity contribution in [1.82, 2.24) is 5.32 Å². The van der Waals surface area contributed by atoms with Gasteiger partial charge in [0.25, 0.3) is 0 Å². The zero-order valence-corrected chi connectivity index (χ0v) is 9.27. The van der Waals surface area contributed by atoms with Crippen LogP contribution in [0.5, 0.6) is 0 Å². The lowest BCUT2D eigenvalue weighted by molar-refractivity contribution is 0.671. The van der Waals surface area contributed by atoms with Crippen molar-refractivity contribution in [2.24, 2.45) is 10.7 Å². The van der Waals surface area contributed by atoms with Crippen molar-refractivity contribution in [2.45, 2.75) is 17.6 Å². The van der Waals surface area contributed by atoms with Crippen LogP contribution in [-0.2, 0) is 10.8 Å². The van der Waals surface area contributed by atoms with Gasteiger partial charge in [-0.25, -0.2) is 0 Å². The van der Waals surface area contributed by atoms with Gasteiger partial charge in [0.2, 0.25) is 0 Å². The molecule has 0 aromatic carbocycles. The first-order valence-electron chi connectivity index (χ1n) is 4.59. The lowest BCUT2D eigenvalue weighted by Gasteiger charge is -2.09. The fourth-order valence-corrected chi connectivity index (χ4v) is 2.06. The molecule has 4 nitrogen and oxygen atoms in total. The second-order valence-corrected chi connectivity index (χ2v) is 5.28. The Morgan fingerprint density at radius 3 is 2.86 bits per heavy atom. The molecule has 14 heavy (non-hydrogen) atoms. The molecule has 1 unspecified atom stereocenters. The second kappa shape index (κ2) is 4.59. The molecule has 0 bridgehead atoms. The van der Waals surface area contributed by atoms with Gasteiger partial charge in [-0.15, -0.1) is 6.58 Å². The van der Waals surface area contributed by atoms with Crippen LogP contribution in [0.15, 0.2) is 17.6 Å². The predicted octanol–water partition coefficient (Wildman–Crippen LogP) is -0.0122. The van der Waals surface area contributed by atoms with Crippen LogP contribution in [0.2, 0.25) is 0 Å². The molecule has 0 spiro atoms. The first-order chi connectivity index (χ1) is 6.60. The number of guanidine groups is 1. The topological polar surface area (TPSA) is 67.5 Å². The SMILES string of the molecule is C=CCNC(N)=NCC1(S(C)=O)CC1. The molecule has 0 aliphatic heterocycles. The minimum absolute atomic E-state index is 0.0829. The van der Waals surface area contributed by atoms with Gasteiger partial charge in [0.05, 0.1) is 11.3 Å². The van der Waals surface area contributed by atoms with Crippen LogP contribution in [-0.4, -0.2) is 34.3 Å². The Labute approximate surface area is 87.1 Å². The van der Waals surface area contributed by atoms with Gasteiger partial charge in [0.15, 0.2) is 5.96 Å². The number of hydrogen-bond donors (Lipinski definition) is 2. The van der Waals surface area contributed by atoms with Gasteiger partial charge in [0, 0.05) is 23.6 Å². The zero-order chi connectivity index (χ0) is 10.6. The lowest BCUT2D eigenvalue weighted by Crippen LogP contribution is -2.33. The maximum Gasteiger partial charge on any atom is 0.188 e. The third-order valence-electron chi connectivity index (χ3n) is 2.38. The zero-order valence-electron chi connectivity index (χ0n) is 8.45. The van der Waals surface area contributed by atoms with E-state index in [1.54, 1.807) is 12.3 Å². The van der Waals surface area contributed by atoms with E-state index in [9.17, 15) is 4.21 Å². The summed E-state index contributed by atoms with van der Waals surface area (Å²) in [4.78, 5) is 4.16. The van der Waals surface area contributed by atoms with E-state index in [1.165, 1.54) is 0 Å². The van der Waals surface area contributed by atoms with Crippen molar-refractivity contribution in [3.8, 4) is 0 Å². The third-order valence-corrected chi connectivity index (χ3v) is 4.14. The molecule has 1 atom stereocenters. The number of nitrogens with two attached hydrogens (primary N) is 1. The molecule has 1 saturated carbocycles. The average Bonchev–Trinajstić information content (AvgIpc) is 2.92. The highest BCUT2D eigenvalue weighted by Gasteiger charge is 2.46. The Bertz CT molecular complexity index is 271. The molecule has 0 heterocycles. The van der Waals surface area contributed by atoms with E-state index in [0.29, 0.717) is 19.0 Å². The number of aliphatic imine (C=N–C) groups is 1. The third kappa shape index (κ3) is 2.83. The number of rotatable bonds is 5. The molecule has 0 amide bonds. The van der Waals surface area contributed by atoms with Crippen molar-refractivity contribution in [3.63, 3.8) is 0 Å². The first kappa shape index (κ1) is 11.2. The highest BCUT2D eigenvalue weighted by atomic mass is 32.2. The molecule has 80 valence electrons. The fourth-order valence-electron chi connectivity index (χ4n) is 1.14. The molecule has 1 aliphatic rings. The van der Waals surface area contributed by atoms with Crippen LogP contribution in [0.4, 0.5) is 0 Å². The standard InChI is InChI=1S/C9H17N3OS/c1-3-6-11-8(10)12-7-9(4-5-9)14(2)13/h3H,1,4-7H2,2H3,(H3,10,11,12). The van der Waals surface area contributed by atoms with Gasteiger partial charge in [-0.05, 0) is 12.8 Å². The highest BCUT2D eigenvalue weighted by Crippen LogP contribution is 2.41. The van der Waals surface area contributed by atoms with Gasteiger partial charge < -0.3 is 11.1 Å². The first-order valence-corrected chi connectivity index (χ1v) is 6.15. The van der Waals surface area contributed by atoms with E-state index < -0.39 is 10.8 Å². The molecule has 1 rings (SSSR count). The van der Waals surface area contributed by atoms with E-state index in [0.717, 1.165) is 12.8 Å². The van der Waals surface area contributed by atoms with Crippen LogP contribution in [0.1, 0.15) is 12.8 Å². The summed E-state index contributed by atoms with van der Waals surface area (Å²) < 4.78 is 11.2. The van der Waals surface area contributed by atoms with Crippen LogP contribution in [0.25, 0.3) is 0 Å².